The van der Waals surface area contributed by atoms with E-state index < -0.39 is 10.0 Å². The molecule has 0 aromatic heterocycles. The highest BCUT2D eigenvalue weighted by molar-refractivity contribution is 7.89. The maximum Gasteiger partial charge on any atom is 0.228 e. The van der Waals surface area contributed by atoms with Gasteiger partial charge in [-0.2, -0.15) is 0 Å². The van der Waals surface area contributed by atoms with Gasteiger partial charge in [-0.3, -0.25) is 4.79 Å². The van der Waals surface area contributed by atoms with Crippen LogP contribution in [0.25, 0.3) is 0 Å². The largest absolute Gasteiger partial charge is 0.489 e. The third kappa shape index (κ3) is 7.41. The molecule has 6 nitrogen and oxygen atoms in total. The first-order chi connectivity index (χ1) is 17.0. The third-order valence-corrected chi connectivity index (χ3v) is 8.15. The van der Waals surface area contributed by atoms with E-state index in [1.54, 1.807) is 12.1 Å². The van der Waals surface area contributed by atoms with Crippen LogP contribution < -0.4 is 10.1 Å². The van der Waals surface area contributed by atoms with E-state index >= 15 is 0 Å². The van der Waals surface area contributed by atoms with Crippen molar-refractivity contribution in [2.45, 2.75) is 32.3 Å². The lowest BCUT2D eigenvalue weighted by Crippen LogP contribution is -2.44. The first-order valence-corrected chi connectivity index (χ1v) is 13.7. The number of piperidine rings is 1. The number of aryl methyl sites for hydroxylation is 1. The molecule has 0 spiro atoms. The van der Waals surface area contributed by atoms with Gasteiger partial charge in [-0.1, -0.05) is 60.7 Å². The van der Waals surface area contributed by atoms with Gasteiger partial charge in [0.15, 0.2) is 0 Å². The Morgan fingerprint density at radius 1 is 0.914 bits per heavy atom. The molecule has 0 radical (unpaired) electrons. The highest BCUT2D eigenvalue weighted by Crippen LogP contribution is 2.23. The van der Waals surface area contributed by atoms with Crippen molar-refractivity contribution in [1.29, 1.82) is 0 Å². The molecular weight excluding hydrogens is 460 g/mol. The standard InChI is InChI=1S/C28H32N2O4S/c31-28(29-26-15-17-27(18-16-26)34-22-24-11-5-2-6-12-24)25-14-7-19-30(21-25)35(32,33)20-8-13-23-9-3-1-4-10-23/h1-6,9-12,15-18,25H,7-8,13-14,19-22H2,(H,29,31). The second-order valence-corrected chi connectivity index (χ2v) is 11.0. The summed E-state index contributed by atoms with van der Waals surface area (Å²) >= 11 is 0. The van der Waals surface area contributed by atoms with Crippen molar-refractivity contribution in [3.63, 3.8) is 0 Å². The fourth-order valence-corrected chi connectivity index (χ4v) is 5.84. The number of ether oxygens (including phenoxy) is 1. The number of sulfonamides is 1. The number of benzene rings is 3. The Kier molecular flexibility index (Phi) is 8.55. The van der Waals surface area contributed by atoms with E-state index in [2.05, 4.69) is 5.32 Å². The van der Waals surface area contributed by atoms with Gasteiger partial charge in [-0.05, 0) is 61.1 Å². The van der Waals surface area contributed by atoms with Crippen LogP contribution in [0.15, 0.2) is 84.9 Å². The second-order valence-electron chi connectivity index (χ2n) is 8.89. The van der Waals surface area contributed by atoms with E-state index in [9.17, 15) is 13.2 Å². The molecule has 4 rings (SSSR count). The minimum absolute atomic E-state index is 0.0979. The van der Waals surface area contributed by atoms with Crippen molar-refractivity contribution in [3.8, 4) is 5.75 Å². The van der Waals surface area contributed by atoms with Gasteiger partial charge in [0.1, 0.15) is 12.4 Å². The fourth-order valence-electron chi connectivity index (χ4n) is 4.26. The molecular formula is C28H32N2O4S. The zero-order chi connectivity index (χ0) is 24.5. The van der Waals surface area contributed by atoms with Crippen LogP contribution in [0.4, 0.5) is 5.69 Å². The molecule has 7 heteroatoms. The zero-order valence-corrected chi connectivity index (χ0v) is 20.6. The van der Waals surface area contributed by atoms with Crippen LogP contribution in [0, 0.1) is 5.92 Å². The Morgan fingerprint density at radius 2 is 1.57 bits per heavy atom. The summed E-state index contributed by atoms with van der Waals surface area (Å²) < 4.78 is 33.1. The minimum Gasteiger partial charge on any atom is -0.489 e. The van der Waals surface area contributed by atoms with E-state index in [0.717, 1.165) is 23.3 Å². The Bertz CT molecular complexity index is 1180. The summed E-state index contributed by atoms with van der Waals surface area (Å²) in [7, 11) is -3.39. The number of carbonyl (C=O) groups excluding carboxylic acids is 1. The molecule has 1 saturated heterocycles. The van der Waals surface area contributed by atoms with Crippen molar-refractivity contribution in [1.82, 2.24) is 4.31 Å². The smallest absolute Gasteiger partial charge is 0.228 e. The van der Waals surface area contributed by atoms with Crippen LogP contribution in [0.3, 0.4) is 0 Å². The first kappa shape index (κ1) is 24.9. The summed E-state index contributed by atoms with van der Waals surface area (Å²) in [5.74, 6) is 0.312. The Morgan fingerprint density at radius 3 is 2.26 bits per heavy atom. The molecule has 1 atom stereocenters. The van der Waals surface area contributed by atoms with Crippen molar-refractivity contribution in [3.05, 3.63) is 96.1 Å². The molecule has 1 aliphatic heterocycles. The van der Waals surface area contributed by atoms with Gasteiger partial charge in [0.25, 0.3) is 0 Å². The van der Waals surface area contributed by atoms with Crippen molar-refractivity contribution >= 4 is 21.6 Å². The lowest BCUT2D eigenvalue weighted by Gasteiger charge is -2.31. The van der Waals surface area contributed by atoms with Gasteiger partial charge in [0.2, 0.25) is 15.9 Å². The highest BCUT2D eigenvalue weighted by atomic mass is 32.2. The Hall–Kier alpha value is -3.16. The predicted octanol–water partition coefficient (Wildman–Crippen LogP) is 4.88. The number of anilines is 1. The second kappa shape index (κ2) is 12.0. The summed E-state index contributed by atoms with van der Waals surface area (Å²) in [5, 5.41) is 2.93. The fraction of sp³-hybridized carbons (Fsp3) is 0.321. The number of rotatable bonds is 10. The SMILES string of the molecule is O=C(Nc1ccc(OCc2ccccc2)cc1)C1CCCN(S(=O)(=O)CCCc2ccccc2)C1. The van der Waals surface area contributed by atoms with E-state index in [-0.39, 0.29) is 24.1 Å². The molecule has 1 amide bonds. The van der Waals surface area contributed by atoms with Crippen LogP contribution in [0.1, 0.15) is 30.4 Å². The monoisotopic (exact) mass is 492 g/mol. The summed E-state index contributed by atoms with van der Waals surface area (Å²) in [6.45, 7) is 1.19. The lowest BCUT2D eigenvalue weighted by atomic mass is 9.99. The topological polar surface area (TPSA) is 75.7 Å². The van der Waals surface area contributed by atoms with Crippen molar-refractivity contribution in [2.75, 3.05) is 24.2 Å². The number of amides is 1. The maximum absolute atomic E-state index is 12.9. The quantitative estimate of drug-likeness (QED) is 0.438. The summed E-state index contributed by atoms with van der Waals surface area (Å²) in [5.41, 5.74) is 2.89. The van der Waals surface area contributed by atoms with Crippen LogP contribution in [-0.2, 0) is 27.8 Å². The highest BCUT2D eigenvalue weighted by Gasteiger charge is 2.32. The summed E-state index contributed by atoms with van der Waals surface area (Å²) in [6.07, 6.45) is 2.66. The normalized spacial score (nSPS) is 16.5. The van der Waals surface area contributed by atoms with E-state index in [1.807, 2.05) is 72.8 Å². The van der Waals surface area contributed by atoms with Crippen molar-refractivity contribution < 1.29 is 17.9 Å². The van der Waals surface area contributed by atoms with Gasteiger partial charge in [-0.15, -0.1) is 0 Å². The molecule has 0 saturated carbocycles. The van der Waals surface area contributed by atoms with E-state index in [4.69, 9.17) is 4.74 Å². The predicted molar refractivity (Wildman–Crippen MR) is 139 cm³/mol. The average molecular weight is 493 g/mol. The van der Waals surface area contributed by atoms with Gasteiger partial charge >= 0.3 is 0 Å². The Labute approximate surface area is 208 Å². The van der Waals surface area contributed by atoms with Crippen LogP contribution in [0.2, 0.25) is 0 Å². The molecule has 0 aliphatic carbocycles. The first-order valence-electron chi connectivity index (χ1n) is 12.1. The molecule has 0 bridgehead atoms. The third-order valence-electron chi connectivity index (χ3n) is 6.23. The molecule has 1 fully saturated rings. The number of nitrogens with one attached hydrogen (secondary N) is 1. The zero-order valence-electron chi connectivity index (χ0n) is 19.8. The van der Waals surface area contributed by atoms with Crippen LogP contribution in [-0.4, -0.2) is 37.5 Å². The number of nitrogens with zero attached hydrogens (tertiary/aromatic N) is 1. The molecule has 3 aromatic rings. The number of carbonyl (C=O) groups is 1. The molecule has 1 N–H and O–H groups in total. The molecule has 35 heavy (non-hydrogen) atoms. The Balaban J connectivity index is 1.26. The summed E-state index contributed by atoms with van der Waals surface area (Å²) in [6, 6.07) is 27.1. The van der Waals surface area contributed by atoms with Crippen LogP contribution in [0.5, 0.6) is 5.75 Å². The maximum atomic E-state index is 12.9. The molecule has 1 heterocycles. The van der Waals surface area contributed by atoms with Crippen molar-refractivity contribution in [2.24, 2.45) is 5.92 Å². The van der Waals surface area contributed by atoms with Gasteiger partial charge in [0.05, 0.1) is 11.7 Å². The molecule has 3 aromatic carbocycles. The summed E-state index contributed by atoms with van der Waals surface area (Å²) in [4.78, 5) is 12.9. The van der Waals surface area contributed by atoms with Gasteiger partial charge < -0.3 is 10.1 Å². The number of hydrogen-bond acceptors (Lipinski definition) is 4. The van der Waals surface area contributed by atoms with Crippen LogP contribution >= 0.6 is 0 Å². The molecule has 1 aliphatic rings. The lowest BCUT2D eigenvalue weighted by molar-refractivity contribution is -0.120. The number of hydrogen-bond donors (Lipinski definition) is 1. The van der Waals surface area contributed by atoms with E-state index in [1.165, 1.54) is 4.31 Å². The molecule has 1 unspecified atom stereocenters. The average Bonchev–Trinajstić information content (AvgIpc) is 2.89. The van der Waals surface area contributed by atoms with Gasteiger partial charge in [-0.25, -0.2) is 12.7 Å². The van der Waals surface area contributed by atoms with Gasteiger partial charge in [0, 0.05) is 18.8 Å². The van der Waals surface area contributed by atoms with E-state index in [0.29, 0.717) is 38.1 Å². The molecule has 184 valence electrons. The minimum atomic E-state index is -3.39.